The average molecular weight is 362 g/mol. The molecule has 130 valence electrons. The van der Waals surface area contributed by atoms with Crippen LogP contribution in [-0.4, -0.2) is 30.2 Å². The molecule has 4 aromatic rings. The highest BCUT2D eigenvalue weighted by Crippen LogP contribution is 2.25. The highest BCUT2D eigenvalue weighted by molar-refractivity contribution is 7.98. The van der Waals surface area contributed by atoms with Crippen molar-refractivity contribution in [1.82, 2.24) is 30.2 Å². The third-order valence-electron chi connectivity index (χ3n) is 4.43. The first kappa shape index (κ1) is 16.7. The number of tetrazole rings is 1. The minimum absolute atomic E-state index is 0.662. The van der Waals surface area contributed by atoms with E-state index >= 15 is 0 Å². The van der Waals surface area contributed by atoms with Gasteiger partial charge < -0.3 is 0 Å². The number of fused-ring (bicyclic) bond motifs is 1. The van der Waals surface area contributed by atoms with Crippen molar-refractivity contribution in [3.8, 4) is 5.69 Å². The Bertz CT molecular complexity index is 1090. The SMILES string of the molecule is Cc1cccc(-n2nnnc2SCc2nc3ccccc3nc2C)c1C. The number of nitrogens with zero attached hydrogens (tertiary/aromatic N) is 6. The maximum absolute atomic E-state index is 4.75. The third kappa shape index (κ3) is 3.06. The fourth-order valence-corrected chi connectivity index (χ4v) is 3.67. The van der Waals surface area contributed by atoms with Crippen LogP contribution in [0.15, 0.2) is 47.6 Å². The Morgan fingerprint density at radius 1 is 0.923 bits per heavy atom. The number of aryl methyl sites for hydroxylation is 2. The van der Waals surface area contributed by atoms with Gasteiger partial charge >= 0.3 is 0 Å². The molecule has 2 heterocycles. The van der Waals surface area contributed by atoms with Crippen LogP contribution in [0.5, 0.6) is 0 Å². The zero-order valence-corrected chi connectivity index (χ0v) is 15.7. The standard InChI is InChI=1S/C19H18N6S/c1-12-7-6-10-18(13(12)2)25-19(22-23-24-25)26-11-17-14(3)20-15-8-4-5-9-16(15)21-17/h4-10H,11H2,1-3H3. The average Bonchev–Trinajstić information content (AvgIpc) is 3.10. The van der Waals surface area contributed by atoms with Gasteiger partial charge in [0, 0.05) is 5.75 Å². The summed E-state index contributed by atoms with van der Waals surface area (Å²) in [4.78, 5) is 9.39. The monoisotopic (exact) mass is 362 g/mol. The first-order chi connectivity index (χ1) is 12.6. The molecule has 0 spiro atoms. The summed E-state index contributed by atoms with van der Waals surface area (Å²) in [6, 6.07) is 14.1. The largest absolute Gasteiger partial charge is 0.250 e. The van der Waals surface area contributed by atoms with E-state index in [4.69, 9.17) is 4.98 Å². The summed E-state index contributed by atoms with van der Waals surface area (Å²) in [7, 11) is 0. The molecule has 0 saturated carbocycles. The summed E-state index contributed by atoms with van der Waals surface area (Å²) in [5, 5.41) is 13.0. The number of para-hydroxylation sites is 2. The lowest BCUT2D eigenvalue weighted by molar-refractivity contribution is 0.750. The Balaban J connectivity index is 1.63. The first-order valence-corrected chi connectivity index (χ1v) is 9.32. The molecule has 0 saturated heterocycles. The second-order valence-corrected chi connectivity index (χ2v) is 7.07. The highest BCUT2D eigenvalue weighted by Gasteiger charge is 2.14. The molecule has 0 amide bonds. The van der Waals surface area contributed by atoms with Crippen molar-refractivity contribution in [2.75, 3.05) is 0 Å². The summed E-state index contributed by atoms with van der Waals surface area (Å²) in [6.45, 7) is 6.16. The van der Waals surface area contributed by atoms with Gasteiger partial charge in [0.2, 0.25) is 5.16 Å². The minimum Gasteiger partial charge on any atom is -0.250 e. The zero-order valence-electron chi connectivity index (χ0n) is 14.8. The molecule has 0 radical (unpaired) electrons. The van der Waals surface area contributed by atoms with Crippen LogP contribution < -0.4 is 0 Å². The van der Waals surface area contributed by atoms with E-state index in [0.717, 1.165) is 33.3 Å². The number of aromatic nitrogens is 6. The molecule has 0 bridgehead atoms. The van der Waals surface area contributed by atoms with Crippen molar-refractivity contribution >= 4 is 22.8 Å². The Labute approximate surface area is 155 Å². The van der Waals surface area contributed by atoms with Crippen molar-refractivity contribution in [2.45, 2.75) is 31.7 Å². The van der Waals surface area contributed by atoms with Crippen LogP contribution in [0.1, 0.15) is 22.5 Å². The predicted octanol–water partition coefficient (Wildman–Crippen LogP) is 3.82. The number of thioether (sulfide) groups is 1. The smallest absolute Gasteiger partial charge is 0.214 e. The topological polar surface area (TPSA) is 69.4 Å². The summed E-state index contributed by atoms with van der Waals surface area (Å²) in [5.41, 5.74) is 7.08. The molecule has 0 aliphatic rings. The van der Waals surface area contributed by atoms with Gasteiger partial charge in [-0.3, -0.25) is 0 Å². The van der Waals surface area contributed by atoms with Crippen molar-refractivity contribution in [1.29, 1.82) is 0 Å². The Kier molecular flexibility index (Phi) is 4.38. The van der Waals surface area contributed by atoms with Crippen LogP contribution in [0.2, 0.25) is 0 Å². The fraction of sp³-hybridized carbons (Fsp3) is 0.211. The Morgan fingerprint density at radius 3 is 2.50 bits per heavy atom. The molecule has 0 unspecified atom stereocenters. The zero-order chi connectivity index (χ0) is 18.1. The molecule has 0 aliphatic heterocycles. The fourth-order valence-electron chi connectivity index (χ4n) is 2.78. The van der Waals surface area contributed by atoms with Gasteiger partial charge in [-0.1, -0.05) is 36.0 Å². The summed E-state index contributed by atoms with van der Waals surface area (Å²) in [5.74, 6) is 0.662. The quantitative estimate of drug-likeness (QED) is 0.514. The molecule has 7 heteroatoms. The maximum Gasteiger partial charge on any atom is 0.214 e. The highest BCUT2D eigenvalue weighted by atomic mass is 32.2. The summed E-state index contributed by atoms with van der Waals surface area (Å²) >= 11 is 1.56. The summed E-state index contributed by atoms with van der Waals surface area (Å²) in [6.07, 6.45) is 0. The van der Waals surface area contributed by atoms with E-state index in [-0.39, 0.29) is 0 Å². The number of hydrogen-bond donors (Lipinski definition) is 0. The van der Waals surface area contributed by atoms with E-state index < -0.39 is 0 Å². The molecular weight excluding hydrogens is 344 g/mol. The van der Waals surface area contributed by atoms with Crippen molar-refractivity contribution in [3.63, 3.8) is 0 Å². The van der Waals surface area contributed by atoms with Gasteiger partial charge in [0.1, 0.15) is 0 Å². The van der Waals surface area contributed by atoms with Crippen LogP contribution in [0.3, 0.4) is 0 Å². The lowest BCUT2D eigenvalue weighted by atomic mass is 10.1. The van der Waals surface area contributed by atoms with Crippen LogP contribution in [0, 0.1) is 20.8 Å². The molecular formula is C19H18N6S. The van der Waals surface area contributed by atoms with E-state index in [9.17, 15) is 0 Å². The number of hydrogen-bond acceptors (Lipinski definition) is 6. The first-order valence-electron chi connectivity index (χ1n) is 8.33. The van der Waals surface area contributed by atoms with E-state index in [1.807, 2.05) is 43.3 Å². The summed E-state index contributed by atoms with van der Waals surface area (Å²) < 4.78 is 1.79. The van der Waals surface area contributed by atoms with Crippen LogP contribution in [0.25, 0.3) is 16.7 Å². The number of rotatable bonds is 4. The second-order valence-electron chi connectivity index (χ2n) is 6.13. The molecule has 0 aliphatic carbocycles. The van der Waals surface area contributed by atoms with Crippen molar-refractivity contribution < 1.29 is 0 Å². The number of benzene rings is 2. The van der Waals surface area contributed by atoms with Crippen LogP contribution in [0.4, 0.5) is 0 Å². The lowest BCUT2D eigenvalue weighted by Gasteiger charge is -2.10. The second kappa shape index (κ2) is 6.84. The molecule has 0 atom stereocenters. The van der Waals surface area contributed by atoms with Gasteiger partial charge in [0.05, 0.1) is 28.1 Å². The van der Waals surface area contributed by atoms with Gasteiger partial charge in [-0.25, -0.2) is 9.97 Å². The maximum atomic E-state index is 4.75. The Morgan fingerprint density at radius 2 is 1.69 bits per heavy atom. The van der Waals surface area contributed by atoms with E-state index in [2.05, 4.69) is 40.4 Å². The van der Waals surface area contributed by atoms with E-state index in [0.29, 0.717) is 5.75 Å². The van der Waals surface area contributed by atoms with Gasteiger partial charge in [-0.05, 0) is 60.5 Å². The molecule has 2 aromatic heterocycles. The van der Waals surface area contributed by atoms with Crippen LogP contribution >= 0.6 is 11.8 Å². The van der Waals surface area contributed by atoms with Gasteiger partial charge in [-0.15, -0.1) is 5.10 Å². The third-order valence-corrected chi connectivity index (χ3v) is 5.36. The van der Waals surface area contributed by atoms with Gasteiger partial charge in [0.15, 0.2) is 0 Å². The molecule has 6 nitrogen and oxygen atoms in total. The van der Waals surface area contributed by atoms with Gasteiger partial charge in [0.25, 0.3) is 0 Å². The minimum atomic E-state index is 0.662. The predicted molar refractivity (Wildman–Crippen MR) is 102 cm³/mol. The normalized spacial score (nSPS) is 11.2. The van der Waals surface area contributed by atoms with E-state index in [1.54, 1.807) is 16.4 Å². The lowest BCUT2D eigenvalue weighted by Crippen LogP contribution is -2.03. The van der Waals surface area contributed by atoms with Gasteiger partial charge in [-0.2, -0.15) is 4.68 Å². The Hall–Kier alpha value is -2.80. The van der Waals surface area contributed by atoms with Crippen molar-refractivity contribution in [2.24, 2.45) is 0 Å². The van der Waals surface area contributed by atoms with Crippen molar-refractivity contribution in [3.05, 3.63) is 65.0 Å². The van der Waals surface area contributed by atoms with E-state index in [1.165, 1.54) is 11.1 Å². The molecule has 4 rings (SSSR count). The molecule has 0 N–H and O–H groups in total. The van der Waals surface area contributed by atoms with Crippen LogP contribution in [-0.2, 0) is 5.75 Å². The molecule has 0 fully saturated rings. The molecule has 26 heavy (non-hydrogen) atoms. The molecule has 2 aromatic carbocycles.